The molecule has 3 aromatic rings. The van der Waals surface area contributed by atoms with E-state index in [1.54, 1.807) is 36.4 Å². The Morgan fingerprint density at radius 1 is 0.971 bits per heavy atom. The maximum Gasteiger partial charge on any atom is 0.410 e. The summed E-state index contributed by atoms with van der Waals surface area (Å²) in [6, 6.07) is 8.55. The molecular weight excluding hydrogens is 457 g/mol. The molecule has 3 aliphatic heterocycles. The number of ether oxygens (including phenoxy) is 4. The zero-order valence-electron chi connectivity index (χ0n) is 17.4. The van der Waals surface area contributed by atoms with Gasteiger partial charge in [-0.3, -0.25) is 4.79 Å². The number of carbonyl (C=O) groups is 1. The summed E-state index contributed by atoms with van der Waals surface area (Å²) < 4.78 is 63.8. The van der Waals surface area contributed by atoms with E-state index in [4.69, 9.17) is 18.9 Å². The van der Waals surface area contributed by atoms with Crippen LogP contribution in [0.3, 0.4) is 0 Å². The number of amides is 1. The van der Waals surface area contributed by atoms with Gasteiger partial charge in [-0.15, -0.1) is 0 Å². The van der Waals surface area contributed by atoms with Gasteiger partial charge >= 0.3 is 6.18 Å². The number of carbonyl (C=O) groups excluding carboxylic acids is 1. The number of anilines is 2. The van der Waals surface area contributed by atoms with Gasteiger partial charge in [-0.05, 0) is 29.8 Å². The van der Waals surface area contributed by atoms with Gasteiger partial charge in [0.05, 0.1) is 6.04 Å². The fourth-order valence-corrected chi connectivity index (χ4v) is 4.20. The molecule has 0 radical (unpaired) electrons. The van der Waals surface area contributed by atoms with Crippen LogP contribution in [0.15, 0.2) is 42.5 Å². The second kappa shape index (κ2) is 7.47. The Hall–Kier alpha value is -4.09. The number of nitrogens with zero attached hydrogens (tertiary/aromatic N) is 2. The second-order valence-electron chi connectivity index (χ2n) is 7.98. The summed E-state index contributed by atoms with van der Waals surface area (Å²) in [4.78, 5) is 12.8. The Kier molecular flexibility index (Phi) is 4.51. The Balaban J connectivity index is 1.28. The van der Waals surface area contributed by atoms with Gasteiger partial charge in [0.15, 0.2) is 34.7 Å². The van der Waals surface area contributed by atoms with E-state index in [1.807, 2.05) is 0 Å². The third-order valence-corrected chi connectivity index (χ3v) is 5.85. The lowest BCUT2D eigenvalue weighted by molar-refractivity contribution is -0.173. The molecule has 1 amide bonds. The molecule has 0 bridgehead atoms. The molecule has 2 atom stereocenters. The molecule has 0 saturated carbocycles. The van der Waals surface area contributed by atoms with Crippen LogP contribution in [0.2, 0.25) is 0 Å². The van der Waals surface area contributed by atoms with E-state index >= 15 is 0 Å². The molecule has 12 heteroatoms. The summed E-state index contributed by atoms with van der Waals surface area (Å²) >= 11 is 0. The molecule has 2 aromatic carbocycles. The van der Waals surface area contributed by atoms with Gasteiger partial charge in [-0.2, -0.15) is 18.3 Å². The van der Waals surface area contributed by atoms with Crippen molar-refractivity contribution in [3.8, 4) is 23.0 Å². The van der Waals surface area contributed by atoms with Gasteiger partial charge in [0.25, 0.3) is 5.91 Å². The molecule has 6 rings (SSSR count). The van der Waals surface area contributed by atoms with E-state index in [0.29, 0.717) is 34.2 Å². The van der Waals surface area contributed by atoms with Crippen molar-refractivity contribution in [1.82, 2.24) is 9.78 Å². The van der Waals surface area contributed by atoms with Crippen LogP contribution in [0.5, 0.6) is 23.0 Å². The molecule has 4 heterocycles. The van der Waals surface area contributed by atoms with Gasteiger partial charge in [0.2, 0.25) is 13.6 Å². The van der Waals surface area contributed by atoms with Crippen LogP contribution >= 0.6 is 0 Å². The fraction of sp³-hybridized carbons (Fsp3) is 0.273. The zero-order valence-corrected chi connectivity index (χ0v) is 17.4. The predicted molar refractivity (Wildman–Crippen MR) is 111 cm³/mol. The summed E-state index contributed by atoms with van der Waals surface area (Å²) in [5.74, 6) is 1.47. The number of alkyl halides is 3. The van der Waals surface area contributed by atoms with Crippen LogP contribution in [0.4, 0.5) is 24.7 Å². The molecule has 9 nitrogen and oxygen atoms in total. The number of fused-ring (bicyclic) bond motifs is 3. The fourth-order valence-electron chi connectivity index (χ4n) is 4.20. The van der Waals surface area contributed by atoms with Crippen molar-refractivity contribution in [1.29, 1.82) is 0 Å². The van der Waals surface area contributed by atoms with Crippen molar-refractivity contribution in [2.75, 3.05) is 24.2 Å². The van der Waals surface area contributed by atoms with Crippen LogP contribution in [0, 0.1) is 0 Å². The summed E-state index contributed by atoms with van der Waals surface area (Å²) in [5, 5.41) is 9.67. The summed E-state index contributed by atoms with van der Waals surface area (Å²) in [7, 11) is 0. The minimum atomic E-state index is -4.57. The average molecular weight is 474 g/mol. The Bertz CT molecular complexity index is 1290. The molecule has 0 saturated heterocycles. The first kappa shape index (κ1) is 20.5. The minimum Gasteiger partial charge on any atom is -0.454 e. The van der Waals surface area contributed by atoms with Crippen molar-refractivity contribution < 1.29 is 36.9 Å². The average Bonchev–Trinajstić information content (AvgIpc) is 3.55. The standard InChI is InChI=1S/C22H17F3N4O5/c23-22(24,25)19-7-13(11-1-3-15-17(5-11)33-9-31-15)27-20-8-14(28-29(19)20)21(30)26-12-2-4-16-18(6-12)34-10-32-16/h1-6,8,13,19,27H,7,9-10H2,(H,26,30)/t13-,19-/m0/s1. The molecule has 3 aliphatic rings. The highest BCUT2D eigenvalue weighted by molar-refractivity contribution is 6.03. The Labute approximate surface area is 190 Å². The van der Waals surface area contributed by atoms with Crippen molar-refractivity contribution >= 4 is 17.4 Å². The number of benzene rings is 2. The van der Waals surface area contributed by atoms with E-state index in [-0.39, 0.29) is 31.5 Å². The van der Waals surface area contributed by atoms with Crippen LogP contribution in [-0.2, 0) is 0 Å². The number of rotatable bonds is 3. The van der Waals surface area contributed by atoms with Gasteiger partial charge in [0.1, 0.15) is 5.82 Å². The normalized spacial score (nSPS) is 20.0. The Morgan fingerprint density at radius 2 is 1.65 bits per heavy atom. The van der Waals surface area contributed by atoms with Crippen molar-refractivity contribution in [3.05, 3.63) is 53.7 Å². The zero-order chi connectivity index (χ0) is 23.4. The SMILES string of the molecule is O=C(Nc1ccc2c(c1)OCO2)c1cc2n(n1)[C@H](C(F)(F)F)C[C@@H](c1ccc3c(c1)OCO3)N2. The smallest absolute Gasteiger partial charge is 0.410 e. The van der Waals surface area contributed by atoms with E-state index in [0.717, 1.165) is 4.68 Å². The van der Waals surface area contributed by atoms with Crippen molar-refractivity contribution in [2.45, 2.75) is 24.7 Å². The highest BCUT2D eigenvalue weighted by Crippen LogP contribution is 2.45. The quantitative estimate of drug-likeness (QED) is 0.586. The maximum absolute atomic E-state index is 14.0. The lowest BCUT2D eigenvalue weighted by Gasteiger charge is -2.33. The highest BCUT2D eigenvalue weighted by atomic mass is 19.4. The minimum absolute atomic E-state index is 0.0661. The molecule has 1 aromatic heterocycles. The highest BCUT2D eigenvalue weighted by Gasteiger charge is 2.47. The largest absolute Gasteiger partial charge is 0.454 e. The molecule has 0 fully saturated rings. The molecular formula is C22H17F3N4O5. The lowest BCUT2D eigenvalue weighted by Crippen LogP contribution is -2.35. The van der Waals surface area contributed by atoms with Gasteiger partial charge in [-0.1, -0.05) is 6.07 Å². The number of nitrogens with one attached hydrogen (secondary N) is 2. The molecule has 176 valence electrons. The molecule has 0 unspecified atom stereocenters. The third-order valence-electron chi connectivity index (χ3n) is 5.85. The first-order chi connectivity index (χ1) is 16.3. The van der Waals surface area contributed by atoms with Crippen LogP contribution < -0.4 is 29.6 Å². The van der Waals surface area contributed by atoms with Crippen molar-refractivity contribution in [3.63, 3.8) is 0 Å². The van der Waals surface area contributed by atoms with Gasteiger partial charge in [-0.25, -0.2) is 4.68 Å². The molecule has 0 aliphatic carbocycles. The first-order valence-corrected chi connectivity index (χ1v) is 10.4. The second-order valence-corrected chi connectivity index (χ2v) is 7.98. The van der Waals surface area contributed by atoms with Crippen LogP contribution in [-0.4, -0.2) is 35.4 Å². The number of halogens is 3. The number of hydrogen-bond acceptors (Lipinski definition) is 7. The summed E-state index contributed by atoms with van der Waals surface area (Å²) in [6.45, 7) is 0.145. The van der Waals surface area contributed by atoms with Crippen LogP contribution in [0.25, 0.3) is 0 Å². The van der Waals surface area contributed by atoms with Gasteiger partial charge in [0, 0.05) is 24.2 Å². The number of hydrogen-bond donors (Lipinski definition) is 2. The predicted octanol–water partition coefficient (Wildman–Crippen LogP) is 4.25. The number of aromatic nitrogens is 2. The molecule has 34 heavy (non-hydrogen) atoms. The van der Waals surface area contributed by atoms with E-state index in [2.05, 4.69) is 15.7 Å². The molecule has 2 N–H and O–H groups in total. The van der Waals surface area contributed by atoms with Crippen LogP contribution in [0.1, 0.15) is 34.6 Å². The summed E-state index contributed by atoms with van der Waals surface area (Å²) in [5.41, 5.74) is 0.858. The molecule has 0 spiro atoms. The third kappa shape index (κ3) is 3.51. The Morgan fingerprint density at radius 3 is 2.38 bits per heavy atom. The lowest BCUT2D eigenvalue weighted by atomic mass is 9.96. The topological polar surface area (TPSA) is 95.9 Å². The van der Waals surface area contributed by atoms with E-state index in [9.17, 15) is 18.0 Å². The summed E-state index contributed by atoms with van der Waals surface area (Å²) in [6.07, 6.45) is -4.87. The first-order valence-electron chi connectivity index (χ1n) is 10.4. The van der Waals surface area contributed by atoms with E-state index < -0.39 is 24.2 Å². The monoisotopic (exact) mass is 474 g/mol. The maximum atomic E-state index is 14.0. The van der Waals surface area contributed by atoms with Crippen molar-refractivity contribution in [2.24, 2.45) is 0 Å². The van der Waals surface area contributed by atoms with E-state index in [1.165, 1.54) is 6.07 Å². The van der Waals surface area contributed by atoms with Gasteiger partial charge < -0.3 is 29.6 Å².